The molecule has 7 nitrogen and oxygen atoms in total. The van der Waals surface area contributed by atoms with Crippen molar-refractivity contribution in [3.63, 3.8) is 0 Å². The van der Waals surface area contributed by atoms with Crippen LogP contribution in [0.1, 0.15) is 45.1 Å². The fourth-order valence-corrected chi connectivity index (χ4v) is 3.09. The van der Waals surface area contributed by atoms with Crippen LogP contribution < -0.4 is 14.8 Å². The van der Waals surface area contributed by atoms with E-state index < -0.39 is 34.9 Å². The van der Waals surface area contributed by atoms with Gasteiger partial charge in [-0.1, -0.05) is 33.1 Å². The van der Waals surface area contributed by atoms with Crippen LogP contribution in [0.15, 0.2) is 42.5 Å². The van der Waals surface area contributed by atoms with E-state index in [4.69, 9.17) is 9.47 Å². The number of carbonyl (C=O) groups excluding carboxylic acids is 1. The Kier molecular flexibility index (Phi) is 9.50. The Morgan fingerprint density at radius 2 is 1.73 bits per heavy atom. The molecule has 2 rings (SSSR count). The number of alkyl halides is 3. The maximum Gasteiger partial charge on any atom is 0.423 e. The van der Waals surface area contributed by atoms with Crippen LogP contribution in [0.4, 0.5) is 24.5 Å². The summed E-state index contributed by atoms with van der Waals surface area (Å²) in [6, 6.07) is 8.93. The van der Waals surface area contributed by atoms with E-state index in [9.17, 15) is 28.1 Å². The molecule has 2 aromatic rings. The van der Waals surface area contributed by atoms with Gasteiger partial charge in [-0.25, -0.2) is 0 Å². The molecule has 0 aromatic heterocycles. The largest absolute Gasteiger partial charge is 0.493 e. The Balaban J connectivity index is 1.89. The highest BCUT2D eigenvalue weighted by molar-refractivity contribution is 5.92. The van der Waals surface area contributed by atoms with Crippen LogP contribution in [0.3, 0.4) is 0 Å². The third kappa shape index (κ3) is 8.28. The number of carbonyl (C=O) groups is 1. The number of hydrogen-bond acceptors (Lipinski definition) is 5. The van der Waals surface area contributed by atoms with E-state index in [-0.39, 0.29) is 5.69 Å². The average molecular weight is 468 g/mol. The molecule has 0 heterocycles. The van der Waals surface area contributed by atoms with E-state index in [0.717, 1.165) is 31.7 Å². The fraction of sp³-hybridized carbons (Fsp3) is 0.435. The first kappa shape index (κ1) is 26.0. The molecule has 1 N–H and O–H groups in total. The fourth-order valence-electron chi connectivity index (χ4n) is 3.09. The van der Waals surface area contributed by atoms with E-state index in [0.29, 0.717) is 36.2 Å². The number of halogens is 3. The zero-order valence-electron chi connectivity index (χ0n) is 18.5. The van der Waals surface area contributed by atoms with E-state index in [2.05, 4.69) is 19.2 Å². The smallest absolute Gasteiger partial charge is 0.423 e. The Labute approximate surface area is 190 Å². The number of amides is 1. The Hall–Kier alpha value is -3.30. The number of nitrogens with one attached hydrogen (secondary N) is 1. The summed E-state index contributed by atoms with van der Waals surface area (Å²) in [7, 11) is 0. The molecule has 0 aliphatic rings. The molecule has 1 amide bonds. The molecule has 10 heteroatoms. The van der Waals surface area contributed by atoms with E-state index in [1.54, 1.807) is 24.3 Å². The van der Waals surface area contributed by atoms with Crippen molar-refractivity contribution in [3.05, 3.63) is 58.1 Å². The number of anilines is 1. The minimum absolute atomic E-state index is 0.223. The third-order valence-electron chi connectivity index (χ3n) is 5.01. The lowest BCUT2D eigenvalue weighted by atomic mass is 10.0. The van der Waals surface area contributed by atoms with Crippen LogP contribution in [-0.2, 0) is 11.0 Å². The van der Waals surface area contributed by atoms with Crippen molar-refractivity contribution in [3.8, 4) is 11.5 Å². The van der Waals surface area contributed by atoms with Crippen molar-refractivity contribution in [2.24, 2.45) is 5.92 Å². The van der Waals surface area contributed by atoms with Gasteiger partial charge in [0.1, 0.15) is 17.1 Å². The molecule has 1 atom stereocenters. The SMILES string of the molecule is CCCCC(CC)COc1ccc(OCC(=O)Nc2ccc([N+](=O)[O-])c(C(F)(F)F)c2)cc1. The van der Waals surface area contributed by atoms with Gasteiger partial charge in [-0.15, -0.1) is 0 Å². The van der Waals surface area contributed by atoms with Gasteiger partial charge in [0.2, 0.25) is 0 Å². The molecule has 0 bridgehead atoms. The maximum absolute atomic E-state index is 13.1. The Bertz CT molecular complexity index is 933. The first-order valence-corrected chi connectivity index (χ1v) is 10.6. The van der Waals surface area contributed by atoms with Crippen LogP contribution >= 0.6 is 0 Å². The van der Waals surface area contributed by atoms with Gasteiger partial charge in [-0.2, -0.15) is 13.2 Å². The van der Waals surface area contributed by atoms with Gasteiger partial charge in [-0.05, 0) is 48.7 Å². The summed E-state index contributed by atoms with van der Waals surface area (Å²) in [6.07, 6.45) is -0.480. The van der Waals surface area contributed by atoms with Gasteiger partial charge >= 0.3 is 6.18 Å². The molecule has 0 aliphatic carbocycles. The lowest BCUT2D eigenvalue weighted by Crippen LogP contribution is -2.20. The zero-order chi connectivity index (χ0) is 24.4. The lowest BCUT2D eigenvalue weighted by Gasteiger charge is -2.15. The summed E-state index contributed by atoms with van der Waals surface area (Å²) in [5.41, 5.74) is -2.75. The molecule has 1 unspecified atom stereocenters. The van der Waals surface area contributed by atoms with Crippen LogP contribution in [-0.4, -0.2) is 24.0 Å². The summed E-state index contributed by atoms with van der Waals surface area (Å²) in [4.78, 5) is 21.7. The number of ether oxygens (including phenoxy) is 2. The predicted molar refractivity (Wildman–Crippen MR) is 117 cm³/mol. The van der Waals surface area contributed by atoms with Crippen molar-refractivity contribution in [1.29, 1.82) is 0 Å². The summed E-state index contributed by atoms with van der Waals surface area (Å²) < 4.78 is 50.3. The normalized spacial score (nSPS) is 12.2. The first-order valence-electron chi connectivity index (χ1n) is 10.6. The molecule has 2 aromatic carbocycles. The Morgan fingerprint density at radius 3 is 2.27 bits per heavy atom. The Morgan fingerprint density at radius 1 is 1.09 bits per heavy atom. The van der Waals surface area contributed by atoms with Crippen LogP contribution in [0.5, 0.6) is 11.5 Å². The van der Waals surface area contributed by atoms with Crippen LogP contribution in [0.2, 0.25) is 0 Å². The summed E-state index contributed by atoms with van der Waals surface area (Å²) in [5, 5.41) is 13.1. The summed E-state index contributed by atoms with van der Waals surface area (Å²) >= 11 is 0. The molecule has 0 radical (unpaired) electrons. The molecular formula is C23H27F3N2O5. The molecule has 0 fully saturated rings. The second-order valence-electron chi connectivity index (χ2n) is 7.52. The molecule has 0 saturated carbocycles. The minimum Gasteiger partial charge on any atom is -0.493 e. The molecular weight excluding hydrogens is 441 g/mol. The topological polar surface area (TPSA) is 90.7 Å². The molecule has 180 valence electrons. The number of unbranched alkanes of at least 4 members (excludes halogenated alkanes) is 1. The number of benzene rings is 2. The number of nitro benzene ring substituents is 1. The second-order valence-corrected chi connectivity index (χ2v) is 7.52. The van der Waals surface area contributed by atoms with Gasteiger partial charge in [0, 0.05) is 11.8 Å². The van der Waals surface area contributed by atoms with Crippen LogP contribution in [0.25, 0.3) is 0 Å². The summed E-state index contributed by atoms with van der Waals surface area (Å²) in [6.45, 7) is 4.45. The highest BCUT2D eigenvalue weighted by Crippen LogP contribution is 2.37. The van der Waals surface area contributed by atoms with E-state index in [1.165, 1.54) is 0 Å². The van der Waals surface area contributed by atoms with Gasteiger partial charge in [0.05, 0.1) is 11.5 Å². The van der Waals surface area contributed by atoms with Gasteiger partial charge in [0.15, 0.2) is 6.61 Å². The van der Waals surface area contributed by atoms with Crippen molar-refractivity contribution >= 4 is 17.3 Å². The van der Waals surface area contributed by atoms with E-state index in [1.807, 2.05) is 0 Å². The molecule has 0 aliphatic heterocycles. The summed E-state index contributed by atoms with van der Waals surface area (Å²) in [5.74, 6) is 0.836. The molecule has 33 heavy (non-hydrogen) atoms. The monoisotopic (exact) mass is 468 g/mol. The maximum atomic E-state index is 13.1. The number of rotatable bonds is 12. The first-order chi connectivity index (χ1) is 15.6. The van der Waals surface area contributed by atoms with Crippen LogP contribution in [0, 0.1) is 16.0 Å². The van der Waals surface area contributed by atoms with Crippen molar-refractivity contribution in [1.82, 2.24) is 0 Å². The van der Waals surface area contributed by atoms with E-state index >= 15 is 0 Å². The molecule has 0 saturated heterocycles. The second kappa shape index (κ2) is 12.1. The van der Waals surface area contributed by atoms with Crippen molar-refractivity contribution < 1.29 is 32.4 Å². The standard InChI is InChI=1S/C23H27F3N2O5/c1-3-5-6-16(4-2)14-32-18-8-10-19(11-9-18)33-15-22(29)27-17-7-12-21(28(30)31)20(13-17)23(24,25)26/h7-13,16H,3-6,14-15H2,1-2H3,(H,27,29). The zero-order valence-corrected chi connectivity index (χ0v) is 18.5. The van der Waals surface area contributed by atoms with Crippen molar-refractivity contribution in [2.45, 2.75) is 45.7 Å². The van der Waals surface area contributed by atoms with Gasteiger partial charge in [0.25, 0.3) is 11.6 Å². The average Bonchev–Trinajstić information content (AvgIpc) is 2.78. The minimum atomic E-state index is -4.93. The highest BCUT2D eigenvalue weighted by Gasteiger charge is 2.38. The van der Waals surface area contributed by atoms with Gasteiger partial charge < -0.3 is 14.8 Å². The third-order valence-corrected chi connectivity index (χ3v) is 5.01. The molecule has 0 spiro atoms. The number of nitro groups is 1. The lowest BCUT2D eigenvalue weighted by molar-refractivity contribution is -0.388. The number of hydrogen-bond donors (Lipinski definition) is 1. The quantitative estimate of drug-likeness (QED) is 0.295. The van der Waals surface area contributed by atoms with Gasteiger partial charge in [-0.3, -0.25) is 14.9 Å². The number of nitrogens with zero attached hydrogens (tertiary/aromatic N) is 1. The predicted octanol–water partition coefficient (Wildman–Crippen LogP) is 6.23. The highest BCUT2D eigenvalue weighted by atomic mass is 19.4. The van der Waals surface area contributed by atoms with Crippen molar-refractivity contribution in [2.75, 3.05) is 18.5 Å².